The van der Waals surface area contributed by atoms with Crippen molar-refractivity contribution >= 4 is 17.5 Å². The molecule has 0 saturated carbocycles. The Bertz CT molecular complexity index is 1040. The Kier molecular flexibility index (Phi) is 4.69. The van der Waals surface area contributed by atoms with E-state index in [1.165, 1.54) is 0 Å². The van der Waals surface area contributed by atoms with Gasteiger partial charge in [-0.1, -0.05) is 19.1 Å². The van der Waals surface area contributed by atoms with Crippen LogP contribution in [0.4, 0.5) is 0 Å². The first-order chi connectivity index (χ1) is 14.2. The number of ketones is 2. The molecule has 0 fully saturated rings. The number of carbonyl (C=O) groups excluding carboxylic acids is 3. The monoisotopic (exact) mass is 413 g/mol. The average molecular weight is 413 g/mol. The van der Waals surface area contributed by atoms with Crippen molar-refractivity contribution in [2.45, 2.75) is 38.2 Å². The standard InChI is InChI=1S/C22H23NO7/c1-2-6-30-14-5-3-4-10-7-11-8-12-9-13(24)17(21(23)28)20(27)22(12,29)19(26)16(11)18(25)15(10)14/h3-5,11-12,24,26,29H,2,6-9H2,1H3,(H2,23,28)/t11-,12-,22-/m0/s1. The molecule has 30 heavy (non-hydrogen) atoms. The molecule has 0 bridgehead atoms. The van der Waals surface area contributed by atoms with Gasteiger partial charge >= 0.3 is 0 Å². The summed E-state index contributed by atoms with van der Waals surface area (Å²) in [6.45, 7) is 2.35. The van der Waals surface area contributed by atoms with Crippen molar-refractivity contribution < 1.29 is 34.4 Å². The Labute approximate surface area is 172 Å². The molecule has 0 aromatic heterocycles. The minimum absolute atomic E-state index is 0.0487. The zero-order valence-electron chi connectivity index (χ0n) is 16.5. The van der Waals surface area contributed by atoms with Crippen LogP contribution in [-0.2, 0) is 16.0 Å². The van der Waals surface area contributed by atoms with Crippen molar-refractivity contribution in [2.24, 2.45) is 17.6 Å². The number of aliphatic hydroxyl groups excluding tert-OH is 2. The smallest absolute Gasteiger partial charge is 0.255 e. The van der Waals surface area contributed by atoms with Crippen LogP contribution in [0.1, 0.15) is 42.1 Å². The second-order valence-electron chi connectivity index (χ2n) is 8.05. The van der Waals surface area contributed by atoms with Crippen LogP contribution in [0.2, 0.25) is 0 Å². The molecule has 0 spiro atoms. The number of carbonyl (C=O) groups is 3. The lowest BCUT2D eigenvalue weighted by atomic mass is 9.60. The van der Waals surface area contributed by atoms with Crippen LogP contribution in [0.15, 0.2) is 40.9 Å². The summed E-state index contributed by atoms with van der Waals surface area (Å²) < 4.78 is 5.70. The molecule has 0 radical (unpaired) electrons. The number of ether oxygens (including phenoxy) is 1. The Hall–Kier alpha value is -3.13. The Morgan fingerprint density at radius 3 is 2.67 bits per heavy atom. The number of aliphatic hydroxyl groups is 3. The quantitative estimate of drug-likeness (QED) is 0.549. The number of primary amides is 1. The molecule has 1 amide bonds. The van der Waals surface area contributed by atoms with E-state index in [-0.39, 0.29) is 18.4 Å². The molecule has 0 saturated heterocycles. The highest BCUT2D eigenvalue weighted by Crippen LogP contribution is 2.51. The summed E-state index contributed by atoms with van der Waals surface area (Å²) in [6, 6.07) is 5.28. The maximum atomic E-state index is 13.4. The fraction of sp³-hybridized carbons (Fsp3) is 0.409. The summed E-state index contributed by atoms with van der Waals surface area (Å²) in [6.07, 6.45) is 1.14. The number of Topliss-reactive ketones (excluding diaryl/α,β-unsaturated/α-hetero) is 2. The largest absolute Gasteiger partial charge is 0.511 e. The Balaban J connectivity index is 1.85. The molecule has 3 aliphatic carbocycles. The predicted octanol–water partition coefficient (Wildman–Crippen LogP) is 1.66. The van der Waals surface area contributed by atoms with E-state index in [1.807, 2.05) is 13.0 Å². The van der Waals surface area contributed by atoms with Crippen LogP contribution < -0.4 is 10.5 Å². The minimum Gasteiger partial charge on any atom is -0.511 e. The zero-order chi connectivity index (χ0) is 21.8. The van der Waals surface area contributed by atoms with E-state index in [2.05, 4.69) is 0 Å². The van der Waals surface area contributed by atoms with Gasteiger partial charge < -0.3 is 25.8 Å². The molecule has 0 heterocycles. The van der Waals surface area contributed by atoms with Crippen LogP contribution in [0.5, 0.6) is 5.75 Å². The van der Waals surface area contributed by atoms with Crippen LogP contribution in [0.3, 0.4) is 0 Å². The van der Waals surface area contributed by atoms with Crippen molar-refractivity contribution in [1.29, 1.82) is 0 Å². The van der Waals surface area contributed by atoms with Crippen LogP contribution in [0.25, 0.3) is 0 Å². The highest BCUT2D eigenvalue weighted by molar-refractivity contribution is 6.24. The molecule has 8 nitrogen and oxygen atoms in total. The van der Waals surface area contributed by atoms with E-state index in [0.717, 1.165) is 12.0 Å². The van der Waals surface area contributed by atoms with Gasteiger partial charge in [0.05, 0.1) is 12.2 Å². The number of hydrogen-bond donors (Lipinski definition) is 4. The van der Waals surface area contributed by atoms with E-state index < -0.39 is 52.0 Å². The van der Waals surface area contributed by atoms with Crippen molar-refractivity contribution in [3.8, 4) is 5.75 Å². The fourth-order valence-corrected chi connectivity index (χ4v) is 4.87. The third-order valence-corrected chi connectivity index (χ3v) is 6.24. The summed E-state index contributed by atoms with van der Waals surface area (Å²) in [5.41, 5.74) is 3.00. The highest BCUT2D eigenvalue weighted by Gasteiger charge is 2.59. The van der Waals surface area contributed by atoms with Crippen molar-refractivity contribution in [3.05, 3.63) is 52.0 Å². The number of amides is 1. The van der Waals surface area contributed by atoms with Gasteiger partial charge in [0.25, 0.3) is 5.91 Å². The average Bonchev–Trinajstić information content (AvgIpc) is 2.68. The number of fused-ring (bicyclic) bond motifs is 3. The van der Waals surface area contributed by atoms with Crippen molar-refractivity contribution in [2.75, 3.05) is 6.61 Å². The predicted molar refractivity (Wildman–Crippen MR) is 105 cm³/mol. The molecule has 5 N–H and O–H groups in total. The fourth-order valence-electron chi connectivity index (χ4n) is 4.87. The summed E-state index contributed by atoms with van der Waals surface area (Å²) in [5, 5.41) is 32.3. The molecule has 3 atom stereocenters. The molecular formula is C22H23NO7. The second-order valence-corrected chi connectivity index (χ2v) is 8.05. The van der Waals surface area contributed by atoms with Crippen molar-refractivity contribution in [3.63, 3.8) is 0 Å². The van der Waals surface area contributed by atoms with Gasteiger partial charge in [0.15, 0.2) is 11.4 Å². The Morgan fingerprint density at radius 1 is 1.27 bits per heavy atom. The molecule has 1 aromatic carbocycles. The van der Waals surface area contributed by atoms with Crippen LogP contribution >= 0.6 is 0 Å². The van der Waals surface area contributed by atoms with Gasteiger partial charge in [0, 0.05) is 17.9 Å². The SMILES string of the molecule is CCCOc1cccc2c1C(=O)C1=C(O)[C@]3(O)C(=O)C(C(N)=O)=C(O)C[C@@H]3C[C@@H]1C2. The Morgan fingerprint density at radius 2 is 2.00 bits per heavy atom. The number of rotatable bonds is 4. The van der Waals surface area contributed by atoms with E-state index in [0.29, 0.717) is 24.3 Å². The van der Waals surface area contributed by atoms with Gasteiger partial charge in [0.1, 0.15) is 22.8 Å². The zero-order valence-corrected chi connectivity index (χ0v) is 16.5. The topological polar surface area (TPSA) is 147 Å². The normalized spacial score (nSPS) is 28.1. The molecule has 0 aliphatic heterocycles. The van der Waals surface area contributed by atoms with Gasteiger partial charge in [-0.05, 0) is 36.8 Å². The lowest BCUT2D eigenvalue weighted by Gasteiger charge is -2.45. The molecular weight excluding hydrogens is 390 g/mol. The van der Waals surface area contributed by atoms with Gasteiger partial charge in [-0.25, -0.2) is 0 Å². The third-order valence-electron chi connectivity index (χ3n) is 6.24. The first kappa shape index (κ1) is 20.2. The molecule has 3 aliphatic rings. The lowest BCUT2D eigenvalue weighted by molar-refractivity contribution is -0.144. The van der Waals surface area contributed by atoms with E-state index >= 15 is 0 Å². The molecule has 4 rings (SSSR count). The molecule has 0 unspecified atom stereocenters. The highest BCUT2D eigenvalue weighted by atomic mass is 16.5. The molecule has 1 aromatic rings. The summed E-state index contributed by atoms with van der Waals surface area (Å²) in [5.74, 6) is -5.08. The van der Waals surface area contributed by atoms with Gasteiger partial charge in [-0.3, -0.25) is 14.4 Å². The van der Waals surface area contributed by atoms with E-state index in [4.69, 9.17) is 10.5 Å². The summed E-state index contributed by atoms with van der Waals surface area (Å²) in [4.78, 5) is 37.9. The number of hydrogen-bond acceptors (Lipinski definition) is 7. The van der Waals surface area contributed by atoms with Crippen LogP contribution in [-0.4, -0.2) is 45.0 Å². The minimum atomic E-state index is -2.48. The number of benzene rings is 1. The van der Waals surface area contributed by atoms with Gasteiger partial charge in [-0.2, -0.15) is 0 Å². The third kappa shape index (κ3) is 2.67. The summed E-state index contributed by atoms with van der Waals surface area (Å²) >= 11 is 0. The van der Waals surface area contributed by atoms with E-state index in [1.54, 1.807) is 12.1 Å². The van der Waals surface area contributed by atoms with Gasteiger partial charge in [0.2, 0.25) is 5.78 Å². The molecule has 158 valence electrons. The number of nitrogens with two attached hydrogens (primary N) is 1. The van der Waals surface area contributed by atoms with E-state index in [9.17, 15) is 29.7 Å². The lowest BCUT2D eigenvalue weighted by Crippen LogP contribution is -2.57. The summed E-state index contributed by atoms with van der Waals surface area (Å²) in [7, 11) is 0. The van der Waals surface area contributed by atoms with Gasteiger partial charge in [-0.15, -0.1) is 0 Å². The van der Waals surface area contributed by atoms with Crippen molar-refractivity contribution in [1.82, 2.24) is 0 Å². The maximum Gasteiger partial charge on any atom is 0.255 e. The molecule has 8 heteroatoms. The van der Waals surface area contributed by atoms with Crippen LogP contribution in [0, 0.1) is 11.8 Å². The first-order valence-electron chi connectivity index (χ1n) is 9.93. The maximum absolute atomic E-state index is 13.4. The first-order valence-corrected chi connectivity index (χ1v) is 9.93. The second kappa shape index (κ2) is 6.98. The number of allylic oxidation sites excluding steroid dienone is 2.